The van der Waals surface area contributed by atoms with E-state index in [1.807, 2.05) is 26.1 Å². The molecule has 0 bridgehead atoms. The summed E-state index contributed by atoms with van der Waals surface area (Å²) in [5.74, 6) is 1.82. The predicted molar refractivity (Wildman–Crippen MR) is 78.4 cm³/mol. The van der Waals surface area contributed by atoms with Crippen LogP contribution < -0.4 is 10.2 Å². The number of nitrogens with zero attached hydrogens (tertiary/aromatic N) is 2. The van der Waals surface area contributed by atoms with Crippen LogP contribution >= 0.6 is 0 Å². The van der Waals surface area contributed by atoms with Gasteiger partial charge in [0.2, 0.25) is 5.91 Å². The van der Waals surface area contributed by atoms with Crippen molar-refractivity contribution in [2.75, 3.05) is 23.8 Å². The number of anilines is 2. The molecule has 1 aromatic rings. The molecule has 2 rings (SSSR count). The topological polar surface area (TPSA) is 45.2 Å². The van der Waals surface area contributed by atoms with Crippen LogP contribution in [-0.2, 0) is 4.79 Å². The van der Waals surface area contributed by atoms with Crippen LogP contribution in [0.15, 0.2) is 18.3 Å². The fourth-order valence-corrected chi connectivity index (χ4v) is 2.29. The summed E-state index contributed by atoms with van der Waals surface area (Å²) in [5, 5.41) is 3.14. The molecule has 104 valence electrons. The van der Waals surface area contributed by atoms with Crippen molar-refractivity contribution in [3.8, 4) is 0 Å². The van der Waals surface area contributed by atoms with Gasteiger partial charge in [-0.3, -0.25) is 4.79 Å². The Morgan fingerprint density at radius 1 is 1.47 bits per heavy atom. The van der Waals surface area contributed by atoms with Crippen molar-refractivity contribution in [2.24, 2.45) is 5.92 Å². The molecular weight excluding hydrogens is 238 g/mol. The maximum atomic E-state index is 12.1. The number of hydrogen-bond acceptors (Lipinski definition) is 3. The number of aromatic nitrogens is 1. The number of pyridine rings is 1. The second kappa shape index (κ2) is 6.55. The van der Waals surface area contributed by atoms with Crippen LogP contribution in [0.5, 0.6) is 0 Å². The maximum absolute atomic E-state index is 12.1. The summed E-state index contributed by atoms with van der Waals surface area (Å²) in [6.07, 6.45) is 7.37. The molecule has 0 aliphatic heterocycles. The van der Waals surface area contributed by atoms with Crippen LogP contribution in [0.25, 0.3) is 0 Å². The number of carbonyl (C=O) groups excluding carboxylic acids is 1. The smallest absolute Gasteiger partial charge is 0.226 e. The Bertz CT molecular complexity index is 412. The van der Waals surface area contributed by atoms with E-state index in [1.165, 1.54) is 19.3 Å². The van der Waals surface area contributed by atoms with E-state index in [9.17, 15) is 4.79 Å². The fraction of sp³-hybridized carbons (Fsp3) is 0.600. The summed E-state index contributed by atoms with van der Waals surface area (Å²) in [5.41, 5.74) is 0.861. The molecule has 4 nitrogen and oxygen atoms in total. The van der Waals surface area contributed by atoms with E-state index in [2.05, 4.69) is 10.3 Å². The minimum atomic E-state index is 0.185. The molecule has 1 aliphatic rings. The lowest BCUT2D eigenvalue weighted by atomic mass is 9.82. The second-order valence-electron chi connectivity index (χ2n) is 5.22. The fourth-order valence-electron chi connectivity index (χ4n) is 2.29. The van der Waals surface area contributed by atoms with Crippen LogP contribution in [0.4, 0.5) is 11.5 Å². The van der Waals surface area contributed by atoms with Crippen LogP contribution in [0.3, 0.4) is 0 Å². The molecule has 0 unspecified atom stereocenters. The molecule has 1 amide bonds. The SMILES string of the molecule is CCNc1ccc(N(C)C(=O)CCC2CCC2)cn1. The van der Waals surface area contributed by atoms with E-state index in [0.29, 0.717) is 6.42 Å². The molecule has 1 N–H and O–H groups in total. The van der Waals surface area contributed by atoms with Crippen LogP contribution in [0, 0.1) is 5.92 Å². The summed E-state index contributed by atoms with van der Waals surface area (Å²) in [4.78, 5) is 18.1. The Kier molecular flexibility index (Phi) is 4.77. The average molecular weight is 261 g/mol. The van der Waals surface area contributed by atoms with Gasteiger partial charge in [0.25, 0.3) is 0 Å². The van der Waals surface area contributed by atoms with Gasteiger partial charge in [-0.15, -0.1) is 0 Å². The van der Waals surface area contributed by atoms with E-state index in [1.54, 1.807) is 11.1 Å². The summed E-state index contributed by atoms with van der Waals surface area (Å²) >= 11 is 0. The molecule has 0 atom stereocenters. The van der Waals surface area contributed by atoms with E-state index in [4.69, 9.17) is 0 Å². The summed E-state index contributed by atoms with van der Waals surface area (Å²) in [6, 6.07) is 3.85. The van der Waals surface area contributed by atoms with Crippen LogP contribution in [-0.4, -0.2) is 24.5 Å². The van der Waals surface area contributed by atoms with Crippen molar-refractivity contribution in [3.05, 3.63) is 18.3 Å². The Morgan fingerprint density at radius 2 is 2.26 bits per heavy atom. The van der Waals surface area contributed by atoms with Crippen molar-refractivity contribution < 1.29 is 4.79 Å². The Balaban J connectivity index is 1.86. The molecule has 0 radical (unpaired) electrons. The number of nitrogens with one attached hydrogen (secondary N) is 1. The lowest BCUT2D eigenvalue weighted by Gasteiger charge is -2.26. The number of rotatable bonds is 6. The van der Waals surface area contributed by atoms with Crippen molar-refractivity contribution >= 4 is 17.4 Å². The quantitative estimate of drug-likeness (QED) is 0.856. The number of carbonyl (C=O) groups is 1. The monoisotopic (exact) mass is 261 g/mol. The third-order valence-electron chi connectivity index (χ3n) is 3.86. The molecule has 1 aliphatic carbocycles. The van der Waals surface area contributed by atoms with Crippen LogP contribution in [0.2, 0.25) is 0 Å². The molecule has 0 spiro atoms. The van der Waals surface area contributed by atoms with Crippen molar-refractivity contribution in [1.29, 1.82) is 0 Å². The first kappa shape index (κ1) is 13.8. The molecule has 19 heavy (non-hydrogen) atoms. The van der Waals surface area contributed by atoms with E-state index in [0.717, 1.165) is 30.4 Å². The zero-order valence-corrected chi connectivity index (χ0v) is 11.9. The zero-order valence-electron chi connectivity index (χ0n) is 11.9. The molecule has 1 fully saturated rings. The first-order valence-electron chi connectivity index (χ1n) is 7.17. The molecule has 1 aromatic heterocycles. The van der Waals surface area contributed by atoms with Crippen molar-refractivity contribution in [3.63, 3.8) is 0 Å². The zero-order chi connectivity index (χ0) is 13.7. The minimum absolute atomic E-state index is 0.185. The molecule has 1 saturated carbocycles. The molecular formula is C15H23N3O. The second-order valence-corrected chi connectivity index (χ2v) is 5.22. The van der Waals surface area contributed by atoms with Gasteiger partial charge in [-0.05, 0) is 31.4 Å². The highest BCUT2D eigenvalue weighted by Crippen LogP contribution is 2.30. The number of amides is 1. The third kappa shape index (κ3) is 3.69. The molecule has 1 heterocycles. The number of hydrogen-bond donors (Lipinski definition) is 1. The van der Waals surface area contributed by atoms with Gasteiger partial charge in [-0.2, -0.15) is 0 Å². The van der Waals surface area contributed by atoms with Gasteiger partial charge >= 0.3 is 0 Å². The van der Waals surface area contributed by atoms with Crippen molar-refractivity contribution in [2.45, 2.75) is 39.0 Å². The maximum Gasteiger partial charge on any atom is 0.226 e. The van der Waals surface area contributed by atoms with Gasteiger partial charge in [0, 0.05) is 20.0 Å². The van der Waals surface area contributed by atoms with Crippen molar-refractivity contribution in [1.82, 2.24) is 4.98 Å². The highest BCUT2D eigenvalue weighted by molar-refractivity contribution is 5.92. The Labute approximate surface area is 115 Å². The lowest BCUT2D eigenvalue weighted by Crippen LogP contribution is -2.27. The van der Waals surface area contributed by atoms with E-state index >= 15 is 0 Å². The first-order valence-corrected chi connectivity index (χ1v) is 7.17. The third-order valence-corrected chi connectivity index (χ3v) is 3.86. The molecule has 4 heteroatoms. The van der Waals surface area contributed by atoms with Gasteiger partial charge in [0.15, 0.2) is 0 Å². The summed E-state index contributed by atoms with van der Waals surface area (Å²) in [7, 11) is 1.83. The van der Waals surface area contributed by atoms with Gasteiger partial charge in [0.05, 0.1) is 11.9 Å². The minimum Gasteiger partial charge on any atom is -0.370 e. The highest BCUT2D eigenvalue weighted by atomic mass is 16.2. The van der Waals surface area contributed by atoms with Gasteiger partial charge < -0.3 is 10.2 Å². The van der Waals surface area contributed by atoms with Crippen LogP contribution in [0.1, 0.15) is 39.0 Å². The average Bonchev–Trinajstić information content (AvgIpc) is 2.37. The predicted octanol–water partition coefficient (Wildman–Crippen LogP) is 3.06. The van der Waals surface area contributed by atoms with Gasteiger partial charge in [-0.1, -0.05) is 19.3 Å². The summed E-state index contributed by atoms with van der Waals surface area (Å²) in [6.45, 7) is 2.88. The largest absolute Gasteiger partial charge is 0.370 e. The van der Waals surface area contributed by atoms with E-state index < -0.39 is 0 Å². The first-order chi connectivity index (χ1) is 9.20. The molecule has 0 saturated heterocycles. The Morgan fingerprint density at radius 3 is 2.79 bits per heavy atom. The summed E-state index contributed by atoms with van der Waals surface area (Å²) < 4.78 is 0. The lowest BCUT2D eigenvalue weighted by molar-refractivity contribution is -0.118. The highest BCUT2D eigenvalue weighted by Gasteiger charge is 2.19. The van der Waals surface area contributed by atoms with Gasteiger partial charge in [-0.25, -0.2) is 4.98 Å². The van der Waals surface area contributed by atoms with E-state index in [-0.39, 0.29) is 5.91 Å². The van der Waals surface area contributed by atoms with Gasteiger partial charge in [0.1, 0.15) is 5.82 Å². The molecule has 0 aromatic carbocycles. The Hall–Kier alpha value is -1.58. The standard InChI is InChI=1S/C15H23N3O/c1-3-16-14-9-8-13(11-17-14)18(2)15(19)10-7-12-5-4-6-12/h8-9,11-12H,3-7,10H2,1-2H3,(H,16,17). The normalized spacial score (nSPS) is 14.8.